The third kappa shape index (κ3) is 3.36. The Hall–Kier alpha value is -1.71. The van der Waals surface area contributed by atoms with E-state index in [-0.39, 0.29) is 6.10 Å². The van der Waals surface area contributed by atoms with Crippen LogP contribution in [0.2, 0.25) is 5.02 Å². The average Bonchev–Trinajstić information content (AvgIpc) is 2.74. The quantitative estimate of drug-likeness (QED) is 0.875. The molecule has 2 aromatic carbocycles. The molecule has 1 saturated heterocycles. The summed E-state index contributed by atoms with van der Waals surface area (Å²) in [5, 5.41) is 4.24. The number of anilines is 1. The minimum atomic E-state index is 0.151. The molecule has 25 heavy (non-hydrogen) atoms. The molecule has 0 saturated carbocycles. The summed E-state index contributed by atoms with van der Waals surface area (Å²) in [6, 6.07) is 13.4. The van der Waals surface area contributed by atoms with Gasteiger partial charge in [0.05, 0.1) is 11.1 Å². The Bertz CT molecular complexity index is 774. The SMILES string of the molecule is CC(C)Oc1ccc(-c2ccc3c(c2)CC2CCNCCN32)c(Cl)c1. The Morgan fingerprint density at radius 3 is 2.84 bits per heavy atom. The van der Waals surface area contributed by atoms with E-state index in [9.17, 15) is 0 Å². The summed E-state index contributed by atoms with van der Waals surface area (Å²) in [6.07, 6.45) is 2.50. The molecule has 1 atom stereocenters. The fourth-order valence-electron chi connectivity index (χ4n) is 3.99. The fraction of sp³-hybridized carbons (Fsp3) is 0.429. The summed E-state index contributed by atoms with van der Waals surface area (Å²) >= 11 is 6.54. The van der Waals surface area contributed by atoms with E-state index in [2.05, 4.69) is 34.5 Å². The van der Waals surface area contributed by atoms with Crippen LogP contribution in [0.4, 0.5) is 5.69 Å². The lowest BCUT2D eigenvalue weighted by atomic mass is 10.00. The number of nitrogens with one attached hydrogen (secondary N) is 1. The van der Waals surface area contributed by atoms with Gasteiger partial charge in [-0.25, -0.2) is 0 Å². The molecule has 0 aromatic heterocycles. The molecular formula is C21H25ClN2O. The topological polar surface area (TPSA) is 24.5 Å². The third-order valence-corrected chi connectivity index (χ3v) is 5.41. The highest BCUT2D eigenvalue weighted by molar-refractivity contribution is 6.33. The summed E-state index contributed by atoms with van der Waals surface area (Å²) < 4.78 is 5.74. The Kier molecular flexibility index (Phi) is 4.61. The van der Waals surface area contributed by atoms with E-state index in [1.165, 1.54) is 23.2 Å². The summed E-state index contributed by atoms with van der Waals surface area (Å²) in [4.78, 5) is 2.57. The van der Waals surface area contributed by atoms with Crippen molar-refractivity contribution >= 4 is 17.3 Å². The Labute approximate surface area is 154 Å². The highest BCUT2D eigenvalue weighted by Gasteiger charge is 2.30. The van der Waals surface area contributed by atoms with Gasteiger partial charge in [-0.05, 0) is 74.7 Å². The Morgan fingerprint density at radius 2 is 2.04 bits per heavy atom. The average molecular weight is 357 g/mol. The van der Waals surface area contributed by atoms with Crippen molar-refractivity contribution in [1.29, 1.82) is 0 Å². The Balaban J connectivity index is 1.63. The smallest absolute Gasteiger partial charge is 0.121 e. The van der Waals surface area contributed by atoms with Crippen LogP contribution >= 0.6 is 11.6 Å². The number of halogens is 1. The maximum absolute atomic E-state index is 6.54. The molecule has 1 fully saturated rings. The van der Waals surface area contributed by atoms with Crippen molar-refractivity contribution in [3.05, 3.63) is 47.0 Å². The first-order valence-electron chi connectivity index (χ1n) is 9.18. The summed E-state index contributed by atoms with van der Waals surface area (Å²) in [6.45, 7) is 7.33. The van der Waals surface area contributed by atoms with Gasteiger partial charge >= 0.3 is 0 Å². The van der Waals surface area contributed by atoms with E-state index in [1.54, 1.807) is 0 Å². The van der Waals surface area contributed by atoms with Crippen LogP contribution in [0, 0.1) is 0 Å². The lowest BCUT2D eigenvalue weighted by Crippen LogP contribution is -2.32. The molecule has 3 nitrogen and oxygen atoms in total. The predicted molar refractivity (Wildman–Crippen MR) is 105 cm³/mol. The van der Waals surface area contributed by atoms with Crippen LogP contribution in [0.3, 0.4) is 0 Å². The lowest BCUT2D eigenvalue weighted by Gasteiger charge is -2.24. The normalized spacial score (nSPS) is 19.5. The first-order valence-corrected chi connectivity index (χ1v) is 9.56. The number of hydrogen-bond donors (Lipinski definition) is 1. The molecule has 132 valence electrons. The fourth-order valence-corrected chi connectivity index (χ4v) is 4.27. The van der Waals surface area contributed by atoms with E-state index < -0.39 is 0 Å². The largest absolute Gasteiger partial charge is 0.491 e. The molecule has 0 amide bonds. The highest BCUT2D eigenvalue weighted by Crippen LogP contribution is 2.39. The van der Waals surface area contributed by atoms with Gasteiger partial charge in [0.25, 0.3) is 0 Å². The molecule has 0 bridgehead atoms. The Morgan fingerprint density at radius 1 is 1.16 bits per heavy atom. The van der Waals surface area contributed by atoms with Gasteiger partial charge in [0.2, 0.25) is 0 Å². The number of rotatable bonds is 3. The molecule has 2 heterocycles. The van der Waals surface area contributed by atoms with Crippen molar-refractivity contribution in [1.82, 2.24) is 5.32 Å². The van der Waals surface area contributed by atoms with Crippen LogP contribution in [0.25, 0.3) is 11.1 Å². The van der Waals surface area contributed by atoms with E-state index in [0.29, 0.717) is 6.04 Å². The zero-order valence-corrected chi connectivity index (χ0v) is 15.6. The number of ether oxygens (including phenoxy) is 1. The van der Waals surface area contributed by atoms with Crippen molar-refractivity contribution in [2.24, 2.45) is 0 Å². The number of fused-ring (bicyclic) bond motifs is 3. The van der Waals surface area contributed by atoms with Gasteiger partial charge in [-0.3, -0.25) is 0 Å². The van der Waals surface area contributed by atoms with E-state index in [0.717, 1.165) is 42.4 Å². The van der Waals surface area contributed by atoms with Crippen LogP contribution in [-0.2, 0) is 6.42 Å². The van der Waals surface area contributed by atoms with E-state index in [4.69, 9.17) is 16.3 Å². The van der Waals surface area contributed by atoms with Gasteiger partial charge in [-0.1, -0.05) is 17.7 Å². The zero-order valence-electron chi connectivity index (χ0n) is 14.9. The van der Waals surface area contributed by atoms with Gasteiger partial charge in [0.1, 0.15) is 5.75 Å². The summed E-state index contributed by atoms with van der Waals surface area (Å²) in [5.41, 5.74) is 5.11. The van der Waals surface area contributed by atoms with Gasteiger partial charge in [0, 0.05) is 30.4 Å². The van der Waals surface area contributed by atoms with Crippen LogP contribution in [-0.4, -0.2) is 31.8 Å². The second-order valence-electron chi connectivity index (χ2n) is 7.24. The maximum atomic E-state index is 6.54. The summed E-state index contributed by atoms with van der Waals surface area (Å²) in [5.74, 6) is 0.825. The molecule has 4 rings (SSSR count). The van der Waals surface area contributed by atoms with Gasteiger partial charge in [-0.2, -0.15) is 0 Å². The zero-order chi connectivity index (χ0) is 17.4. The molecule has 2 aromatic rings. The second-order valence-corrected chi connectivity index (χ2v) is 7.65. The minimum Gasteiger partial charge on any atom is -0.491 e. The van der Waals surface area contributed by atoms with Gasteiger partial charge < -0.3 is 15.0 Å². The second kappa shape index (κ2) is 6.89. The number of benzene rings is 2. The number of hydrogen-bond acceptors (Lipinski definition) is 3. The molecule has 2 aliphatic rings. The van der Waals surface area contributed by atoms with Gasteiger partial charge in [-0.15, -0.1) is 0 Å². The van der Waals surface area contributed by atoms with E-state index in [1.807, 2.05) is 26.0 Å². The van der Waals surface area contributed by atoms with Crippen molar-refractivity contribution in [2.45, 2.75) is 38.8 Å². The van der Waals surface area contributed by atoms with Crippen LogP contribution in [0.1, 0.15) is 25.8 Å². The third-order valence-electron chi connectivity index (χ3n) is 5.09. The van der Waals surface area contributed by atoms with Crippen LogP contribution in [0.5, 0.6) is 5.75 Å². The molecule has 0 radical (unpaired) electrons. The minimum absolute atomic E-state index is 0.151. The first kappa shape index (κ1) is 16.7. The predicted octanol–water partition coefficient (Wildman–Crippen LogP) is 4.52. The molecular weight excluding hydrogens is 332 g/mol. The molecule has 2 aliphatic heterocycles. The van der Waals surface area contributed by atoms with Crippen molar-refractivity contribution in [3.8, 4) is 16.9 Å². The molecule has 1 N–H and O–H groups in total. The first-order chi connectivity index (χ1) is 12.1. The van der Waals surface area contributed by atoms with Crippen LogP contribution in [0.15, 0.2) is 36.4 Å². The number of nitrogens with zero attached hydrogens (tertiary/aromatic N) is 1. The monoisotopic (exact) mass is 356 g/mol. The van der Waals surface area contributed by atoms with Crippen molar-refractivity contribution in [3.63, 3.8) is 0 Å². The molecule has 4 heteroatoms. The molecule has 0 aliphatic carbocycles. The van der Waals surface area contributed by atoms with Crippen molar-refractivity contribution < 1.29 is 4.74 Å². The maximum Gasteiger partial charge on any atom is 0.121 e. The van der Waals surface area contributed by atoms with Crippen molar-refractivity contribution in [2.75, 3.05) is 24.5 Å². The van der Waals surface area contributed by atoms with E-state index >= 15 is 0 Å². The standard InChI is InChI=1S/C21H25ClN2O/c1-14(2)25-18-4-5-19(20(22)13-18)15-3-6-21-16(11-15)12-17-7-8-23-9-10-24(17)21/h3-6,11,13-14,17,23H,7-10,12H2,1-2H3. The highest BCUT2D eigenvalue weighted by atomic mass is 35.5. The van der Waals surface area contributed by atoms with Crippen LogP contribution < -0.4 is 15.0 Å². The summed E-state index contributed by atoms with van der Waals surface area (Å²) in [7, 11) is 0. The molecule has 1 unspecified atom stereocenters. The molecule has 0 spiro atoms. The van der Waals surface area contributed by atoms with Gasteiger partial charge in [0.15, 0.2) is 0 Å². The lowest BCUT2D eigenvalue weighted by molar-refractivity contribution is 0.242.